The van der Waals surface area contributed by atoms with E-state index < -0.39 is 0 Å². The number of carbonyl (C=O) groups excluding carboxylic acids is 1. The first-order valence-electron chi connectivity index (χ1n) is 7.56. The lowest BCUT2D eigenvalue weighted by Crippen LogP contribution is -2.36. The van der Waals surface area contributed by atoms with Crippen LogP contribution in [0.4, 0.5) is 0 Å². The molecule has 22 heavy (non-hydrogen) atoms. The first-order chi connectivity index (χ1) is 10.8. The molecule has 1 amide bonds. The Balaban J connectivity index is 1.74. The molecule has 5 heteroatoms. The number of nitrogens with zero attached hydrogens (tertiary/aromatic N) is 1. The molecular weight excluding hydrogens is 316 g/mol. The summed E-state index contributed by atoms with van der Waals surface area (Å²) in [5.41, 5.74) is 1.09. The molecule has 1 aromatic heterocycles. The molecule has 1 aliphatic rings. The predicted octanol–water partition coefficient (Wildman–Crippen LogP) is 3.97. The van der Waals surface area contributed by atoms with Crippen molar-refractivity contribution < 1.29 is 4.79 Å². The molecule has 2 aromatic rings. The number of hydrogen-bond donors (Lipinski definition) is 1. The highest BCUT2D eigenvalue weighted by molar-refractivity contribution is 7.12. The molecule has 1 aliphatic heterocycles. The van der Waals surface area contributed by atoms with Gasteiger partial charge in [0.25, 0.3) is 5.91 Å². The average molecular weight is 335 g/mol. The Kier molecular flexibility index (Phi) is 5.13. The topological polar surface area (TPSA) is 32.3 Å². The summed E-state index contributed by atoms with van der Waals surface area (Å²) in [6, 6.07) is 11.8. The van der Waals surface area contributed by atoms with E-state index in [-0.39, 0.29) is 11.9 Å². The molecule has 0 aliphatic carbocycles. The molecule has 0 spiro atoms. The number of amides is 1. The summed E-state index contributed by atoms with van der Waals surface area (Å²) in [6.45, 7) is 2.70. The predicted molar refractivity (Wildman–Crippen MR) is 91.7 cm³/mol. The van der Waals surface area contributed by atoms with Crippen molar-refractivity contribution in [2.45, 2.75) is 18.9 Å². The highest BCUT2D eigenvalue weighted by Crippen LogP contribution is 2.29. The van der Waals surface area contributed by atoms with Gasteiger partial charge in [0.2, 0.25) is 0 Å². The molecule has 0 radical (unpaired) electrons. The minimum absolute atomic E-state index is 0.00810. The lowest BCUT2D eigenvalue weighted by atomic mass is 10.1. The maximum atomic E-state index is 12.2. The van der Waals surface area contributed by atoms with Gasteiger partial charge in [0.05, 0.1) is 10.9 Å². The lowest BCUT2D eigenvalue weighted by Gasteiger charge is -2.28. The van der Waals surface area contributed by atoms with Crippen LogP contribution in [0.1, 0.15) is 34.1 Å². The molecule has 116 valence electrons. The second kappa shape index (κ2) is 7.27. The van der Waals surface area contributed by atoms with Crippen LogP contribution in [0.15, 0.2) is 41.8 Å². The molecule has 1 saturated heterocycles. The third-order valence-electron chi connectivity index (χ3n) is 4.05. The highest BCUT2D eigenvalue weighted by Gasteiger charge is 2.25. The van der Waals surface area contributed by atoms with Gasteiger partial charge in [0.1, 0.15) is 0 Å². The number of hydrogen-bond acceptors (Lipinski definition) is 3. The summed E-state index contributed by atoms with van der Waals surface area (Å²) < 4.78 is 0. The van der Waals surface area contributed by atoms with Gasteiger partial charge in [-0.25, -0.2) is 0 Å². The van der Waals surface area contributed by atoms with Crippen molar-refractivity contribution in [3.8, 4) is 0 Å². The largest absolute Gasteiger partial charge is 0.349 e. The van der Waals surface area contributed by atoms with Crippen molar-refractivity contribution in [1.29, 1.82) is 0 Å². The van der Waals surface area contributed by atoms with E-state index in [9.17, 15) is 4.79 Å². The zero-order valence-corrected chi connectivity index (χ0v) is 13.9. The standard InChI is InChI=1S/C17H19ClN2OS/c18-14-7-2-1-6-13(14)15(20-9-3-4-10-20)12-19-17(21)16-8-5-11-22-16/h1-2,5-8,11,15H,3-4,9-10,12H2,(H,19,21). The Morgan fingerprint density at radius 2 is 2.00 bits per heavy atom. The third kappa shape index (κ3) is 3.51. The number of benzene rings is 1. The van der Waals surface area contributed by atoms with Gasteiger partial charge in [0.15, 0.2) is 0 Å². The molecule has 1 unspecified atom stereocenters. The zero-order chi connectivity index (χ0) is 15.4. The van der Waals surface area contributed by atoms with Gasteiger partial charge in [-0.3, -0.25) is 9.69 Å². The summed E-state index contributed by atoms with van der Waals surface area (Å²) in [7, 11) is 0. The summed E-state index contributed by atoms with van der Waals surface area (Å²) in [6.07, 6.45) is 2.42. The first-order valence-corrected chi connectivity index (χ1v) is 8.81. The van der Waals surface area contributed by atoms with E-state index in [1.165, 1.54) is 24.2 Å². The summed E-state index contributed by atoms with van der Waals surface area (Å²) in [5.74, 6) is -0.00810. The van der Waals surface area contributed by atoms with Crippen molar-refractivity contribution in [2.75, 3.05) is 19.6 Å². The molecule has 0 saturated carbocycles. The summed E-state index contributed by atoms with van der Waals surface area (Å²) in [5, 5.41) is 5.74. The van der Waals surface area contributed by atoms with Gasteiger partial charge in [-0.2, -0.15) is 0 Å². The number of carbonyl (C=O) groups is 1. The van der Waals surface area contributed by atoms with Crippen LogP contribution in [0, 0.1) is 0 Å². The van der Waals surface area contributed by atoms with Crippen LogP contribution in [0.5, 0.6) is 0 Å². The van der Waals surface area contributed by atoms with Gasteiger partial charge in [-0.1, -0.05) is 35.9 Å². The van der Waals surface area contributed by atoms with E-state index >= 15 is 0 Å². The number of halogens is 1. The molecule has 1 aromatic carbocycles. The van der Waals surface area contributed by atoms with E-state index in [0.29, 0.717) is 6.54 Å². The second-order valence-corrected chi connectivity index (χ2v) is 6.82. The maximum absolute atomic E-state index is 12.2. The van der Waals surface area contributed by atoms with Gasteiger partial charge in [0, 0.05) is 11.6 Å². The van der Waals surface area contributed by atoms with Crippen LogP contribution < -0.4 is 5.32 Å². The normalized spacial score (nSPS) is 16.6. The molecular formula is C17H19ClN2OS. The SMILES string of the molecule is O=C(NCC(c1ccccc1Cl)N1CCCC1)c1cccs1. The number of thiophene rings is 1. The third-order valence-corrected chi connectivity index (χ3v) is 5.26. The Morgan fingerprint density at radius 1 is 1.23 bits per heavy atom. The van der Waals surface area contributed by atoms with E-state index in [2.05, 4.69) is 16.3 Å². The maximum Gasteiger partial charge on any atom is 0.261 e. The van der Waals surface area contributed by atoms with Gasteiger partial charge in [-0.15, -0.1) is 11.3 Å². The van der Waals surface area contributed by atoms with Crippen LogP contribution >= 0.6 is 22.9 Å². The van der Waals surface area contributed by atoms with E-state index in [0.717, 1.165) is 28.6 Å². The van der Waals surface area contributed by atoms with Crippen molar-refractivity contribution in [3.63, 3.8) is 0 Å². The molecule has 2 heterocycles. The van der Waals surface area contributed by atoms with Gasteiger partial charge in [-0.05, 0) is 49.0 Å². The fourth-order valence-corrected chi connectivity index (χ4v) is 3.82. The van der Waals surface area contributed by atoms with Crippen molar-refractivity contribution in [2.24, 2.45) is 0 Å². The van der Waals surface area contributed by atoms with Crippen LogP contribution in [-0.2, 0) is 0 Å². The second-order valence-electron chi connectivity index (χ2n) is 5.47. The van der Waals surface area contributed by atoms with E-state index in [4.69, 9.17) is 11.6 Å². The van der Waals surface area contributed by atoms with Crippen LogP contribution in [0.2, 0.25) is 5.02 Å². The molecule has 1 N–H and O–H groups in total. The fraction of sp³-hybridized carbons (Fsp3) is 0.353. The number of nitrogens with one attached hydrogen (secondary N) is 1. The van der Waals surface area contributed by atoms with Gasteiger partial charge >= 0.3 is 0 Å². The molecule has 1 fully saturated rings. The monoisotopic (exact) mass is 334 g/mol. The minimum Gasteiger partial charge on any atom is -0.349 e. The number of likely N-dealkylation sites (tertiary alicyclic amines) is 1. The smallest absolute Gasteiger partial charge is 0.261 e. The molecule has 3 rings (SSSR count). The van der Waals surface area contributed by atoms with Crippen LogP contribution in [0.25, 0.3) is 0 Å². The molecule has 3 nitrogen and oxygen atoms in total. The summed E-state index contributed by atoms with van der Waals surface area (Å²) in [4.78, 5) is 15.4. The quantitative estimate of drug-likeness (QED) is 0.897. The Hall–Kier alpha value is -1.36. The zero-order valence-electron chi connectivity index (χ0n) is 12.3. The highest BCUT2D eigenvalue weighted by atomic mass is 35.5. The van der Waals surface area contributed by atoms with Crippen molar-refractivity contribution in [3.05, 3.63) is 57.2 Å². The molecule has 1 atom stereocenters. The Morgan fingerprint density at radius 3 is 2.68 bits per heavy atom. The van der Waals surface area contributed by atoms with Crippen molar-refractivity contribution in [1.82, 2.24) is 10.2 Å². The lowest BCUT2D eigenvalue weighted by molar-refractivity contribution is 0.0942. The van der Waals surface area contributed by atoms with Crippen LogP contribution in [-0.4, -0.2) is 30.4 Å². The summed E-state index contributed by atoms with van der Waals surface area (Å²) >= 11 is 7.84. The fourth-order valence-electron chi connectivity index (χ4n) is 2.92. The Bertz CT molecular complexity index is 623. The first kappa shape index (κ1) is 15.5. The van der Waals surface area contributed by atoms with Gasteiger partial charge < -0.3 is 5.32 Å². The minimum atomic E-state index is -0.00810. The Labute approximate surface area is 139 Å². The average Bonchev–Trinajstić information content (AvgIpc) is 3.22. The molecule has 0 bridgehead atoms. The van der Waals surface area contributed by atoms with Crippen LogP contribution in [0.3, 0.4) is 0 Å². The van der Waals surface area contributed by atoms with Crippen molar-refractivity contribution >= 4 is 28.8 Å². The number of rotatable bonds is 5. The van der Waals surface area contributed by atoms with E-state index in [1.54, 1.807) is 0 Å². The van der Waals surface area contributed by atoms with E-state index in [1.807, 2.05) is 35.7 Å².